The van der Waals surface area contributed by atoms with Crippen molar-refractivity contribution in [3.63, 3.8) is 0 Å². The fraction of sp³-hybridized carbons (Fsp3) is 0.640. The number of carbonyl (C=O) groups is 7. The van der Waals surface area contributed by atoms with E-state index in [4.69, 9.17) is 23.9 Å². The molecule has 2 aliphatic rings. The van der Waals surface area contributed by atoms with Gasteiger partial charge in [-0.25, -0.2) is 9.59 Å². The molecule has 2 atom stereocenters. The molecule has 39 heavy (non-hydrogen) atoms. The van der Waals surface area contributed by atoms with Gasteiger partial charge in [-0.2, -0.15) is 0 Å². The van der Waals surface area contributed by atoms with Gasteiger partial charge in [-0.15, -0.1) is 10.1 Å². The second-order valence-corrected chi connectivity index (χ2v) is 9.34. The van der Waals surface area contributed by atoms with Gasteiger partial charge in [0.1, 0.15) is 13.2 Å². The molecule has 14 nitrogen and oxygen atoms in total. The van der Waals surface area contributed by atoms with Gasteiger partial charge in [0.2, 0.25) is 0 Å². The molecule has 0 aromatic heterocycles. The van der Waals surface area contributed by atoms with E-state index in [1.807, 2.05) is 0 Å². The highest BCUT2D eigenvalue weighted by Gasteiger charge is 2.33. The molecule has 0 spiro atoms. The van der Waals surface area contributed by atoms with Crippen LogP contribution >= 0.6 is 0 Å². The van der Waals surface area contributed by atoms with Gasteiger partial charge in [-0.3, -0.25) is 24.0 Å². The second kappa shape index (κ2) is 15.6. The molecule has 2 aliphatic heterocycles. The van der Waals surface area contributed by atoms with Crippen molar-refractivity contribution in [3.05, 3.63) is 12.3 Å². The van der Waals surface area contributed by atoms with Crippen LogP contribution in [0.3, 0.4) is 0 Å². The number of carbonyl (C=O) groups excluding carboxylic acids is 7. The molecule has 216 valence electrons. The molecule has 14 heteroatoms. The lowest BCUT2D eigenvalue weighted by Crippen LogP contribution is -2.32. The van der Waals surface area contributed by atoms with Crippen LogP contribution in [0.15, 0.2) is 12.3 Å². The predicted octanol–water partition coefficient (Wildman–Crippen LogP) is 1.12. The number of allylic oxidation sites excluding steroid dienone is 1. The number of nitrogens with zero attached hydrogens (tertiary/aromatic N) is 2. The van der Waals surface area contributed by atoms with Crippen LogP contribution in [0.2, 0.25) is 0 Å². The summed E-state index contributed by atoms with van der Waals surface area (Å²) in [5.41, 5.74) is 0.416. The topological polar surface area (TPSA) is 172 Å². The van der Waals surface area contributed by atoms with Gasteiger partial charge in [0, 0.05) is 32.1 Å². The smallest absolute Gasteiger partial charge is 0.333 e. The molecule has 2 saturated heterocycles. The fourth-order valence-electron chi connectivity index (χ4n) is 3.61. The van der Waals surface area contributed by atoms with E-state index in [-0.39, 0.29) is 83.2 Å². The first-order valence-corrected chi connectivity index (χ1v) is 12.6. The van der Waals surface area contributed by atoms with Crippen LogP contribution < -0.4 is 0 Å². The highest BCUT2D eigenvalue weighted by molar-refractivity contribution is 6.01. The predicted molar refractivity (Wildman–Crippen MR) is 128 cm³/mol. The lowest BCUT2D eigenvalue weighted by Gasteiger charge is -2.17. The van der Waals surface area contributed by atoms with Gasteiger partial charge < -0.3 is 23.9 Å². The minimum Gasteiger partial charge on any atom is -0.463 e. The van der Waals surface area contributed by atoms with Crippen molar-refractivity contribution in [3.8, 4) is 0 Å². The number of amides is 3. The summed E-state index contributed by atoms with van der Waals surface area (Å²) in [5, 5.41) is 1.35. The zero-order valence-corrected chi connectivity index (χ0v) is 22.1. The van der Waals surface area contributed by atoms with Gasteiger partial charge in [0.15, 0.2) is 0 Å². The summed E-state index contributed by atoms with van der Waals surface area (Å²) in [5.74, 6) is -4.83. The average molecular weight is 555 g/mol. The molecule has 2 fully saturated rings. The first-order valence-electron chi connectivity index (χ1n) is 12.6. The maximum absolute atomic E-state index is 12.0. The van der Waals surface area contributed by atoms with Gasteiger partial charge in [-0.05, 0) is 18.3 Å². The third-order valence-corrected chi connectivity index (χ3v) is 5.58. The summed E-state index contributed by atoms with van der Waals surface area (Å²) in [6.45, 7) is 6.99. The summed E-state index contributed by atoms with van der Waals surface area (Å²) in [6.07, 6.45) is 0.303. The Hall–Kier alpha value is -3.81. The van der Waals surface area contributed by atoms with Gasteiger partial charge in [0.05, 0.1) is 31.8 Å². The molecule has 0 aromatic carbocycles. The van der Waals surface area contributed by atoms with E-state index in [1.165, 1.54) is 0 Å². The van der Waals surface area contributed by atoms with E-state index in [1.54, 1.807) is 13.8 Å². The normalized spacial score (nSPS) is 16.8. The van der Waals surface area contributed by atoms with E-state index in [0.29, 0.717) is 17.2 Å². The monoisotopic (exact) mass is 554 g/mol. The van der Waals surface area contributed by atoms with Crippen molar-refractivity contribution in [1.29, 1.82) is 0 Å². The number of hydroxylamine groups is 4. The lowest BCUT2D eigenvalue weighted by molar-refractivity contribution is -0.198. The van der Waals surface area contributed by atoms with Crippen LogP contribution in [0, 0.1) is 11.8 Å². The fourth-order valence-corrected chi connectivity index (χ4v) is 3.61. The first-order chi connectivity index (χ1) is 18.5. The summed E-state index contributed by atoms with van der Waals surface area (Å²) in [4.78, 5) is 92.0. The quantitative estimate of drug-likeness (QED) is 0.151. The van der Waals surface area contributed by atoms with Crippen molar-refractivity contribution in [2.45, 2.75) is 65.2 Å². The number of rotatable bonds is 16. The Bertz CT molecular complexity index is 870. The Morgan fingerprint density at radius 2 is 1.03 bits per heavy atom. The number of imide groups is 1. The van der Waals surface area contributed by atoms with Crippen LogP contribution in [0.25, 0.3) is 0 Å². The summed E-state index contributed by atoms with van der Waals surface area (Å²) in [6, 6.07) is 0. The molecule has 0 saturated carbocycles. The van der Waals surface area contributed by atoms with Crippen LogP contribution in [-0.2, 0) is 57.4 Å². The number of esters is 2. The molecule has 0 radical (unpaired) electrons. The largest absolute Gasteiger partial charge is 0.463 e. The lowest BCUT2D eigenvalue weighted by atomic mass is 10.0. The van der Waals surface area contributed by atoms with E-state index >= 15 is 0 Å². The van der Waals surface area contributed by atoms with E-state index < -0.39 is 41.6 Å². The number of ether oxygens (including phenoxy) is 3. The van der Waals surface area contributed by atoms with Crippen LogP contribution in [-0.4, -0.2) is 78.2 Å². The second-order valence-electron chi connectivity index (χ2n) is 9.34. The van der Waals surface area contributed by atoms with Crippen molar-refractivity contribution >= 4 is 41.6 Å². The number of hydrogen-bond donors (Lipinski definition) is 0. The zero-order chi connectivity index (χ0) is 28.9. The van der Waals surface area contributed by atoms with E-state index in [2.05, 4.69) is 6.58 Å². The average Bonchev–Trinajstić information content (AvgIpc) is 3.33. The van der Waals surface area contributed by atoms with Crippen molar-refractivity contribution < 1.29 is 57.4 Å². The molecule has 0 N–H and O–H groups in total. The molecule has 0 aromatic rings. The Morgan fingerprint density at radius 1 is 0.641 bits per heavy atom. The van der Waals surface area contributed by atoms with Gasteiger partial charge >= 0.3 is 23.9 Å². The van der Waals surface area contributed by atoms with Crippen molar-refractivity contribution in [2.75, 3.05) is 26.4 Å². The third kappa shape index (κ3) is 11.2. The minimum atomic E-state index is -0.795. The molecule has 2 rings (SSSR count). The summed E-state index contributed by atoms with van der Waals surface area (Å²) in [7, 11) is 0. The Morgan fingerprint density at radius 3 is 1.46 bits per heavy atom. The summed E-state index contributed by atoms with van der Waals surface area (Å²) < 4.78 is 15.3. The van der Waals surface area contributed by atoms with Crippen LogP contribution in [0.4, 0.5) is 0 Å². The Kier molecular flexibility index (Phi) is 12.5. The van der Waals surface area contributed by atoms with Crippen molar-refractivity contribution in [2.24, 2.45) is 11.8 Å². The van der Waals surface area contributed by atoms with E-state index in [9.17, 15) is 33.6 Å². The maximum Gasteiger partial charge on any atom is 0.333 e. The molecule has 0 aliphatic carbocycles. The van der Waals surface area contributed by atoms with Gasteiger partial charge in [-0.1, -0.05) is 20.4 Å². The molecule has 0 bridgehead atoms. The first kappa shape index (κ1) is 31.4. The molecular weight excluding hydrogens is 520 g/mol. The minimum absolute atomic E-state index is 0.00310. The Balaban J connectivity index is 1.47. The van der Waals surface area contributed by atoms with Gasteiger partial charge in [0.25, 0.3) is 17.7 Å². The number of hydrogen-bond acceptors (Lipinski definition) is 12. The molecule has 2 unspecified atom stereocenters. The van der Waals surface area contributed by atoms with E-state index in [0.717, 1.165) is 5.06 Å². The Labute approximate surface area is 225 Å². The van der Waals surface area contributed by atoms with Crippen molar-refractivity contribution in [1.82, 2.24) is 10.1 Å². The molecular formula is C25H34N2O12. The van der Waals surface area contributed by atoms with Crippen LogP contribution in [0.1, 0.15) is 65.2 Å². The standard InChI is InChI=1S/C25H34N2O12/c1-16(14-24(33)38-26-18(3)4-5-19(26)28)12-22(31)36-10-8-35-9-11-37-23(32)13-17(2)15-25(34)39-27-20(29)6-7-21(27)30/h16-17H,3-15H2,1-2H3. The highest BCUT2D eigenvalue weighted by atomic mass is 16.7. The molecule has 2 heterocycles. The zero-order valence-electron chi connectivity index (χ0n) is 22.1. The third-order valence-electron chi connectivity index (χ3n) is 5.58. The highest BCUT2D eigenvalue weighted by Crippen LogP contribution is 2.22. The maximum atomic E-state index is 12.0. The SMILES string of the molecule is C=C1CCC(=O)N1OC(=O)CC(C)CC(=O)OCCOCCOC(=O)CC(C)CC(=O)ON1C(=O)CCC1=O. The van der Waals surface area contributed by atoms with Crippen LogP contribution in [0.5, 0.6) is 0 Å². The summed E-state index contributed by atoms with van der Waals surface area (Å²) >= 11 is 0. The molecule has 3 amide bonds.